The lowest BCUT2D eigenvalue weighted by Crippen LogP contribution is -1.97. The number of furan rings is 4. The van der Waals surface area contributed by atoms with Crippen LogP contribution in [0.5, 0.6) is 0 Å². The average molecular weight is 1410 g/mol. The molecule has 0 aliphatic heterocycles. The molecule has 0 saturated carbocycles. The summed E-state index contributed by atoms with van der Waals surface area (Å²) in [5, 5.41) is 10.6. The highest BCUT2D eigenvalue weighted by Gasteiger charge is 2.23. The van der Waals surface area contributed by atoms with Crippen molar-refractivity contribution in [1.29, 1.82) is 0 Å². The maximum absolute atomic E-state index is 7.05. The molecule has 8 nitrogen and oxygen atoms in total. The molecule has 0 spiro atoms. The van der Waals surface area contributed by atoms with Gasteiger partial charge in [0.2, 0.25) is 0 Å². The van der Waals surface area contributed by atoms with Crippen molar-refractivity contribution in [2.75, 3.05) is 0 Å². The Morgan fingerprint density at radius 3 is 1.11 bits per heavy atom. The molecule has 6 heterocycles. The van der Waals surface area contributed by atoms with E-state index < -0.39 is 0 Å². The lowest BCUT2D eigenvalue weighted by Gasteiger charge is -2.15. The molecule has 22 aromatic rings. The fourth-order valence-corrected chi connectivity index (χ4v) is 16.2. The maximum Gasteiger partial charge on any atom is 0.160 e. The van der Waals surface area contributed by atoms with Crippen molar-refractivity contribution in [2.24, 2.45) is 0 Å². The van der Waals surface area contributed by atoms with Gasteiger partial charge < -0.3 is 17.7 Å². The Kier molecular flexibility index (Phi) is 14.5. The predicted molar refractivity (Wildman–Crippen MR) is 449 cm³/mol. The van der Waals surface area contributed by atoms with Gasteiger partial charge in [0, 0.05) is 82.0 Å². The van der Waals surface area contributed by atoms with Crippen molar-refractivity contribution in [3.05, 3.63) is 364 Å². The third kappa shape index (κ3) is 10.8. The van der Waals surface area contributed by atoms with Gasteiger partial charge in [-0.05, 0) is 175 Å². The fourth-order valence-electron chi connectivity index (χ4n) is 16.2. The third-order valence-corrected chi connectivity index (χ3v) is 21.8. The van der Waals surface area contributed by atoms with Crippen LogP contribution in [0.4, 0.5) is 0 Å². The monoisotopic (exact) mass is 1400 g/mol. The third-order valence-electron chi connectivity index (χ3n) is 21.8. The summed E-state index contributed by atoms with van der Waals surface area (Å²) in [6, 6.07) is 128. The molecule has 0 radical (unpaired) electrons. The van der Waals surface area contributed by atoms with E-state index in [2.05, 4.69) is 297 Å². The molecule has 0 aliphatic carbocycles. The molecular weight excluding hydrogens is 1350 g/mol. The van der Waals surface area contributed by atoms with Crippen molar-refractivity contribution in [3.8, 4) is 135 Å². The van der Waals surface area contributed by atoms with E-state index in [1.807, 2.05) is 66.7 Å². The second kappa shape index (κ2) is 25.4. The molecule has 0 unspecified atom stereocenters. The first-order chi connectivity index (χ1) is 54.4. The molecule has 8 heteroatoms. The topological polar surface area (TPSA) is 104 Å². The van der Waals surface area contributed by atoms with Gasteiger partial charge in [-0.1, -0.05) is 261 Å². The van der Waals surface area contributed by atoms with Gasteiger partial charge >= 0.3 is 0 Å². The van der Waals surface area contributed by atoms with Gasteiger partial charge in [-0.15, -0.1) is 0 Å². The Labute approximate surface area is 630 Å². The van der Waals surface area contributed by atoms with Crippen LogP contribution in [0.2, 0.25) is 0 Å². The van der Waals surface area contributed by atoms with Gasteiger partial charge in [0.15, 0.2) is 11.6 Å². The van der Waals surface area contributed by atoms with Crippen LogP contribution in [0.1, 0.15) is 0 Å². The minimum atomic E-state index is 0.641. The Hall–Kier alpha value is -14.9. The second-order valence-corrected chi connectivity index (χ2v) is 28.3. The first kappa shape index (κ1) is 62.5. The van der Waals surface area contributed by atoms with Gasteiger partial charge in [0.05, 0.1) is 22.8 Å². The molecule has 0 aliphatic rings. The number of rotatable bonds is 12. The first-order valence-corrected chi connectivity index (χ1v) is 37.0. The Balaban J connectivity index is 0.662. The Morgan fingerprint density at radius 2 is 0.509 bits per heavy atom. The summed E-state index contributed by atoms with van der Waals surface area (Å²) in [5.41, 5.74) is 28.2. The zero-order valence-corrected chi connectivity index (χ0v) is 59.1. The summed E-state index contributed by atoms with van der Waals surface area (Å²) in [4.78, 5) is 21.4. The Morgan fingerprint density at radius 1 is 0.155 bits per heavy atom. The molecule has 6 aromatic heterocycles. The van der Waals surface area contributed by atoms with E-state index >= 15 is 0 Å². The maximum atomic E-state index is 7.05. The van der Waals surface area contributed by atoms with Crippen molar-refractivity contribution in [2.45, 2.75) is 0 Å². The summed E-state index contributed by atoms with van der Waals surface area (Å²) in [5.74, 6) is 1.29. The number of para-hydroxylation sites is 3. The number of hydrogen-bond acceptors (Lipinski definition) is 8. The van der Waals surface area contributed by atoms with E-state index in [0.717, 1.165) is 216 Å². The SMILES string of the molecule is c1ccc(-c2ccc(-c3cc(-c4ccc(-c5ccc6oc7ccc(-c8cccc9c8oc8ccc(-c%10ccc(-c%11ccc%12oc%13ccccc%13c%12c%11)cc%10-c%10cc(-c%11ccc%12ccccc%12c%11)nc(-c%11ccccc%11)n%10)cc89)cc7c6c5)c(-c5ccc6oc7ccccc7c6c5)c4)nc(-c4ccccc4)n3)cc2)cc1. The van der Waals surface area contributed by atoms with Crippen LogP contribution in [0, 0.1) is 0 Å². The van der Waals surface area contributed by atoms with Crippen LogP contribution in [-0.4, -0.2) is 19.9 Å². The van der Waals surface area contributed by atoms with E-state index in [9.17, 15) is 0 Å². The molecular formula is C102H60N4O4. The Bertz CT molecular complexity index is 7460. The minimum Gasteiger partial charge on any atom is -0.456 e. The van der Waals surface area contributed by atoms with Crippen molar-refractivity contribution < 1.29 is 17.7 Å². The van der Waals surface area contributed by atoms with E-state index in [0.29, 0.717) is 11.6 Å². The smallest absolute Gasteiger partial charge is 0.160 e. The van der Waals surface area contributed by atoms with E-state index in [1.165, 1.54) is 5.39 Å². The molecule has 110 heavy (non-hydrogen) atoms. The highest BCUT2D eigenvalue weighted by Crippen LogP contribution is 2.47. The van der Waals surface area contributed by atoms with Gasteiger partial charge in [0.25, 0.3) is 0 Å². The molecule has 0 fully saturated rings. The average Bonchev–Trinajstić information content (AvgIpc) is 1.49. The zero-order valence-electron chi connectivity index (χ0n) is 59.1. The standard InChI is InChI=1S/C102H60N4O4/c1-4-17-61(18-5-1)63-31-34-64(35-32-63)89-59-90(104-101(103-89)65-20-6-2-7-21-65)75-38-45-76(82(58-75)73-43-49-96-85(57-73)80-26-13-15-30-94(80)108-96)70-40-47-97-87(55-70)88-56-72(42-48-98(88)109-97)78-27-16-28-81-86-54-71(41-50-99(86)110-100(78)81)77-44-37-68(69-39-46-95-84(53-69)79-25-12-14-29-93(79)107-95)52-83(77)92-60-91(105-102(106-92)66-22-8-3-9-23-66)74-36-33-62-19-10-11-24-67(62)51-74/h1-60H. The van der Waals surface area contributed by atoms with Crippen molar-refractivity contribution in [1.82, 2.24) is 19.9 Å². The van der Waals surface area contributed by atoms with Crippen LogP contribution in [-0.2, 0) is 0 Å². The lowest BCUT2D eigenvalue weighted by atomic mass is 9.90. The number of fused-ring (bicyclic) bond motifs is 13. The summed E-state index contributed by atoms with van der Waals surface area (Å²) in [7, 11) is 0. The molecule has 16 aromatic carbocycles. The quantitative estimate of drug-likeness (QED) is 0.119. The van der Waals surface area contributed by atoms with E-state index in [-0.39, 0.29) is 0 Å². The van der Waals surface area contributed by atoms with Crippen LogP contribution in [0.15, 0.2) is 382 Å². The molecule has 0 N–H and O–H groups in total. The summed E-state index contributed by atoms with van der Waals surface area (Å²) < 4.78 is 26.5. The number of benzene rings is 16. The number of aromatic nitrogens is 4. The van der Waals surface area contributed by atoms with Gasteiger partial charge in [-0.3, -0.25) is 0 Å². The number of hydrogen-bond donors (Lipinski definition) is 0. The molecule has 0 bridgehead atoms. The van der Waals surface area contributed by atoms with Crippen LogP contribution in [0.25, 0.3) is 233 Å². The first-order valence-electron chi connectivity index (χ1n) is 37.0. The van der Waals surface area contributed by atoms with Crippen LogP contribution >= 0.6 is 0 Å². The van der Waals surface area contributed by atoms with Gasteiger partial charge in [0.1, 0.15) is 44.7 Å². The number of nitrogens with zero attached hydrogens (tertiary/aromatic N) is 4. The van der Waals surface area contributed by atoms with E-state index in [1.54, 1.807) is 0 Å². The van der Waals surface area contributed by atoms with Crippen LogP contribution in [0.3, 0.4) is 0 Å². The highest BCUT2D eigenvalue weighted by atomic mass is 16.3. The molecule has 0 amide bonds. The predicted octanol–water partition coefficient (Wildman–Crippen LogP) is 28.0. The summed E-state index contributed by atoms with van der Waals surface area (Å²) in [6.45, 7) is 0. The van der Waals surface area contributed by atoms with Crippen molar-refractivity contribution >= 4 is 98.5 Å². The van der Waals surface area contributed by atoms with E-state index in [4.69, 9.17) is 37.6 Å². The summed E-state index contributed by atoms with van der Waals surface area (Å²) in [6.07, 6.45) is 0. The van der Waals surface area contributed by atoms with Crippen molar-refractivity contribution in [3.63, 3.8) is 0 Å². The van der Waals surface area contributed by atoms with Gasteiger partial charge in [-0.2, -0.15) is 0 Å². The van der Waals surface area contributed by atoms with Gasteiger partial charge in [-0.25, -0.2) is 19.9 Å². The molecule has 512 valence electrons. The highest BCUT2D eigenvalue weighted by molar-refractivity contribution is 6.14. The zero-order chi connectivity index (χ0) is 72.3. The fraction of sp³-hybridized carbons (Fsp3) is 0. The molecule has 0 saturated heterocycles. The lowest BCUT2D eigenvalue weighted by molar-refractivity contribution is 0.668. The summed E-state index contributed by atoms with van der Waals surface area (Å²) >= 11 is 0. The molecule has 22 rings (SSSR count). The minimum absolute atomic E-state index is 0.641. The van der Waals surface area contributed by atoms with Crippen LogP contribution < -0.4 is 0 Å². The molecule has 0 atom stereocenters. The second-order valence-electron chi connectivity index (χ2n) is 28.3. The normalized spacial score (nSPS) is 11.8. The largest absolute Gasteiger partial charge is 0.456 e.